The van der Waals surface area contributed by atoms with Crippen LogP contribution < -0.4 is 9.47 Å². The van der Waals surface area contributed by atoms with E-state index in [9.17, 15) is 18.0 Å². The molecule has 2 aromatic rings. The van der Waals surface area contributed by atoms with Gasteiger partial charge < -0.3 is 18.9 Å². The summed E-state index contributed by atoms with van der Waals surface area (Å²) < 4.78 is 66.0. The van der Waals surface area contributed by atoms with Gasteiger partial charge in [-0.05, 0) is 61.0 Å². The third kappa shape index (κ3) is 4.18. The Morgan fingerprint density at radius 1 is 0.902 bits per heavy atom. The maximum atomic E-state index is 14.6. The topological polar surface area (TPSA) is 54.0 Å². The highest BCUT2D eigenvalue weighted by Crippen LogP contribution is 2.69. The van der Waals surface area contributed by atoms with Crippen LogP contribution in [0.5, 0.6) is 11.5 Å². The summed E-state index contributed by atoms with van der Waals surface area (Å²) in [6.45, 7) is 8.75. The Morgan fingerprint density at radius 2 is 1.59 bits per heavy atom. The molecule has 0 saturated heterocycles. The Morgan fingerprint density at radius 3 is 2.17 bits per heavy atom. The molecule has 41 heavy (non-hydrogen) atoms. The standard InChI is InChI=1S/C33H41F3O5/c1-29(2)24-13-15-31(4)25(18-20-17-22(38-5)19-23(39-6)27(20)31)30(24,3)16-14-26(29)41-28(37)32(40-7,33(34,35)36)21-11-9-8-10-12-21/h8-12,17,19,24-26H,13-16,18H2,1-7H3/t24-,25+,26-,30-,31+,32-/m1/s1. The summed E-state index contributed by atoms with van der Waals surface area (Å²) in [7, 11) is 4.26. The van der Waals surface area contributed by atoms with E-state index in [0.717, 1.165) is 44.3 Å². The van der Waals surface area contributed by atoms with E-state index in [0.29, 0.717) is 12.3 Å². The maximum Gasteiger partial charge on any atom is 0.432 e. The average Bonchev–Trinajstić information content (AvgIpc) is 3.24. The van der Waals surface area contributed by atoms with Gasteiger partial charge >= 0.3 is 12.1 Å². The van der Waals surface area contributed by atoms with E-state index < -0.39 is 29.3 Å². The highest BCUT2D eigenvalue weighted by molar-refractivity contribution is 5.83. The number of carbonyl (C=O) groups excluding carboxylic acids is 1. The van der Waals surface area contributed by atoms with Crippen LogP contribution in [0.4, 0.5) is 13.2 Å². The van der Waals surface area contributed by atoms with Gasteiger partial charge in [-0.25, -0.2) is 4.79 Å². The Balaban J connectivity index is 1.46. The van der Waals surface area contributed by atoms with E-state index >= 15 is 0 Å². The highest BCUT2D eigenvalue weighted by Gasteiger charge is 2.67. The minimum Gasteiger partial charge on any atom is -0.497 e. The zero-order valence-electron chi connectivity index (χ0n) is 25.0. The molecule has 2 aromatic carbocycles. The van der Waals surface area contributed by atoms with Gasteiger partial charge in [0.25, 0.3) is 5.60 Å². The zero-order chi connectivity index (χ0) is 30.0. The summed E-state index contributed by atoms with van der Waals surface area (Å²) in [5.74, 6) is 0.646. The smallest absolute Gasteiger partial charge is 0.432 e. The predicted molar refractivity (Wildman–Crippen MR) is 149 cm³/mol. The van der Waals surface area contributed by atoms with Crippen LogP contribution in [0.1, 0.15) is 70.1 Å². The number of alkyl halides is 3. The first-order chi connectivity index (χ1) is 19.2. The summed E-state index contributed by atoms with van der Waals surface area (Å²) >= 11 is 0. The van der Waals surface area contributed by atoms with E-state index in [2.05, 4.69) is 19.9 Å². The van der Waals surface area contributed by atoms with Gasteiger partial charge in [0.15, 0.2) is 0 Å². The monoisotopic (exact) mass is 574 g/mol. The molecule has 0 aliphatic heterocycles. The first kappa shape index (κ1) is 29.7. The molecule has 2 fully saturated rings. The van der Waals surface area contributed by atoms with Crippen molar-refractivity contribution in [3.05, 3.63) is 59.2 Å². The first-order valence-electron chi connectivity index (χ1n) is 14.3. The number of rotatable bonds is 6. The number of fused-ring (bicyclic) bond motifs is 5. The van der Waals surface area contributed by atoms with Crippen LogP contribution in [0.25, 0.3) is 0 Å². The molecule has 224 valence electrons. The Hall–Kier alpha value is -2.74. The van der Waals surface area contributed by atoms with Crippen molar-refractivity contribution in [2.45, 2.75) is 83.1 Å². The molecular formula is C33H41F3O5. The van der Waals surface area contributed by atoms with E-state index in [1.807, 2.05) is 19.9 Å². The molecule has 0 bridgehead atoms. The third-order valence-corrected chi connectivity index (χ3v) is 11.0. The predicted octanol–water partition coefficient (Wildman–Crippen LogP) is 7.39. The van der Waals surface area contributed by atoms with Gasteiger partial charge in [-0.1, -0.05) is 58.0 Å². The van der Waals surface area contributed by atoms with E-state index in [4.69, 9.17) is 18.9 Å². The van der Waals surface area contributed by atoms with Gasteiger partial charge in [0.1, 0.15) is 17.6 Å². The molecule has 0 radical (unpaired) electrons. The fourth-order valence-corrected chi connectivity index (χ4v) is 9.05. The first-order valence-corrected chi connectivity index (χ1v) is 14.3. The van der Waals surface area contributed by atoms with Crippen LogP contribution in [-0.2, 0) is 31.7 Å². The molecule has 0 unspecified atom stereocenters. The van der Waals surface area contributed by atoms with E-state index in [1.165, 1.54) is 35.4 Å². The summed E-state index contributed by atoms with van der Waals surface area (Å²) in [6.07, 6.45) is -1.82. The van der Waals surface area contributed by atoms with Crippen molar-refractivity contribution in [2.75, 3.05) is 21.3 Å². The highest BCUT2D eigenvalue weighted by atomic mass is 19.4. The van der Waals surface area contributed by atoms with Crippen LogP contribution in [0.15, 0.2) is 42.5 Å². The third-order valence-electron chi connectivity index (χ3n) is 11.0. The maximum absolute atomic E-state index is 14.6. The molecule has 3 aliphatic rings. The lowest BCUT2D eigenvalue weighted by Crippen LogP contribution is -2.60. The molecule has 8 heteroatoms. The van der Waals surface area contributed by atoms with Crippen LogP contribution in [0.3, 0.4) is 0 Å². The average molecular weight is 575 g/mol. The van der Waals surface area contributed by atoms with Crippen molar-refractivity contribution in [1.29, 1.82) is 0 Å². The van der Waals surface area contributed by atoms with E-state index in [1.54, 1.807) is 20.3 Å². The normalized spacial score (nSPS) is 31.7. The van der Waals surface area contributed by atoms with Gasteiger partial charge in [0, 0.05) is 35.1 Å². The Labute approximate surface area is 240 Å². The summed E-state index contributed by atoms with van der Waals surface area (Å²) in [5.41, 5.74) is -1.78. The van der Waals surface area contributed by atoms with Crippen LogP contribution in [0.2, 0.25) is 0 Å². The molecule has 0 spiro atoms. The molecule has 3 aliphatic carbocycles. The minimum atomic E-state index is -5.00. The number of hydrogen-bond donors (Lipinski definition) is 0. The van der Waals surface area contributed by atoms with E-state index in [-0.39, 0.29) is 22.3 Å². The number of hydrogen-bond acceptors (Lipinski definition) is 5. The molecule has 0 N–H and O–H groups in total. The number of carbonyl (C=O) groups is 1. The Kier molecular flexibility index (Phi) is 7.20. The van der Waals surface area contributed by atoms with Crippen LogP contribution in [-0.4, -0.2) is 39.6 Å². The minimum absolute atomic E-state index is 0.105. The quantitative estimate of drug-likeness (QED) is 0.337. The Bertz CT molecular complexity index is 1310. The van der Waals surface area contributed by atoms with Crippen LogP contribution in [0, 0.1) is 22.7 Å². The number of ether oxygens (including phenoxy) is 4. The summed E-state index contributed by atoms with van der Waals surface area (Å²) in [6, 6.07) is 11.1. The van der Waals surface area contributed by atoms with Crippen molar-refractivity contribution in [3.63, 3.8) is 0 Å². The van der Waals surface area contributed by atoms with Gasteiger partial charge in [-0.2, -0.15) is 13.2 Å². The van der Waals surface area contributed by atoms with Crippen molar-refractivity contribution in [2.24, 2.45) is 22.7 Å². The van der Waals surface area contributed by atoms with Gasteiger partial charge in [0.05, 0.1) is 14.2 Å². The van der Waals surface area contributed by atoms with Crippen molar-refractivity contribution in [3.8, 4) is 11.5 Å². The summed E-state index contributed by atoms with van der Waals surface area (Å²) in [4.78, 5) is 13.6. The largest absolute Gasteiger partial charge is 0.497 e. The molecule has 0 amide bonds. The lowest BCUT2D eigenvalue weighted by molar-refractivity contribution is -0.282. The van der Waals surface area contributed by atoms with Crippen molar-refractivity contribution < 1.29 is 36.9 Å². The lowest BCUT2D eigenvalue weighted by atomic mass is 9.43. The number of benzene rings is 2. The fraction of sp³-hybridized carbons (Fsp3) is 0.606. The molecule has 6 atom stereocenters. The SMILES string of the molecule is COc1cc2c(c(OC)c1)[C@@]1(C)CC[C@@H]3C(C)(C)[C@H](OC(=O)[C@](OC)(c4ccccc4)C(F)(F)F)CC[C@@]3(C)[C@@H]1C2. The second kappa shape index (κ2) is 9.92. The van der Waals surface area contributed by atoms with Gasteiger partial charge in [-0.15, -0.1) is 0 Å². The van der Waals surface area contributed by atoms with Crippen molar-refractivity contribution >= 4 is 5.97 Å². The lowest BCUT2D eigenvalue weighted by Gasteiger charge is -2.62. The number of esters is 1. The molecule has 0 heterocycles. The second-order valence-corrected chi connectivity index (χ2v) is 13.1. The van der Waals surface area contributed by atoms with Crippen molar-refractivity contribution in [1.82, 2.24) is 0 Å². The number of halogens is 3. The van der Waals surface area contributed by atoms with Crippen LogP contribution >= 0.6 is 0 Å². The van der Waals surface area contributed by atoms with Gasteiger partial charge in [0.2, 0.25) is 0 Å². The second-order valence-electron chi connectivity index (χ2n) is 13.1. The molecule has 5 nitrogen and oxygen atoms in total. The molecule has 5 rings (SSSR count). The molecule has 2 saturated carbocycles. The zero-order valence-corrected chi connectivity index (χ0v) is 25.0. The summed E-state index contributed by atoms with van der Waals surface area (Å²) in [5, 5.41) is 0. The molecular weight excluding hydrogens is 533 g/mol. The molecule has 0 aromatic heterocycles. The number of methoxy groups -OCH3 is 3. The van der Waals surface area contributed by atoms with Gasteiger partial charge in [-0.3, -0.25) is 0 Å². The fourth-order valence-electron chi connectivity index (χ4n) is 9.05.